The van der Waals surface area contributed by atoms with Gasteiger partial charge in [0.25, 0.3) is 5.91 Å². The van der Waals surface area contributed by atoms with Gasteiger partial charge in [-0.05, 0) is 51.1 Å². The Hall–Kier alpha value is -1.81. The zero-order chi connectivity index (χ0) is 14.7. The molecular formula is C17H22N2O2. The number of hydrogen-bond acceptors (Lipinski definition) is 3. The van der Waals surface area contributed by atoms with Crippen molar-refractivity contribution in [3.8, 4) is 0 Å². The van der Waals surface area contributed by atoms with E-state index in [1.54, 1.807) is 0 Å². The first kappa shape index (κ1) is 14.1. The molecule has 1 aliphatic rings. The standard InChI is InChI=1S/C17H22N2O2/c1-13-5-6-15-14(11-13)12-16(21-15)17(20)18-7-10-19-8-3-2-4-9-19/h5-6,11-12H,2-4,7-10H2,1H3,(H,18,20). The third-order valence-electron chi connectivity index (χ3n) is 4.06. The highest BCUT2D eigenvalue weighted by molar-refractivity contribution is 5.96. The highest BCUT2D eigenvalue weighted by Gasteiger charge is 2.13. The Morgan fingerprint density at radius 3 is 2.86 bits per heavy atom. The molecule has 0 unspecified atom stereocenters. The van der Waals surface area contributed by atoms with Crippen molar-refractivity contribution in [2.75, 3.05) is 26.2 Å². The van der Waals surface area contributed by atoms with Crippen molar-refractivity contribution in [1.82, 2.24) is 10.2 Å². The van der Waals surface area contributed by atoms with Crippen LogP contribution in [0.1, 0.15) is 35.4 Å². The van der Waals surface area contributed by atoms with Crippen molar-refractivity contribution in [2.45, 2.75) is 26.2 Å². The van der Waals surface area contributed by atoms with Gasteiger partial charge in [-0.3, -0.25) is 4.79 Å². The normalized spacial score (nSPS) is 16.2. The number of carbonyl (C=O) groups is 1. The first-order valence-corrected chi connectivity index (χ1v) is 7.73. The monoisotopic (exact) mass is 286 g/mol. The molecule has 1 aliphatic heterocycles. The molecule has 1 aromatic heterocycles. The first-order chi connectivity index (χ1) is 10.2. The number of aryl methyl sites for hydroxylation is 1. The number of likely N-dealkylation sites (tertiary alicyclic amines) is 1. The van der Waals surface area contributed by atoms with E-state index in [4.69, 9.17) is 4.42 Å². The molecule has 1 fully saturated rings. The minimum atomic E-state index is -0.124. The molecule has 1 aromatic carbocycles. The minimum Gasteiger partial charge on any atom is -0.451 e. The molecule has 0 radical (unpaired) electrons. The average Bonchev–Trinajstić information content (AvgIpc) is 2.91. The number of amides is 1. The molecule has 1 N–H and O–H groups in total. The van der Waals surface area contributed by atoms with E-state index in [1.807, 2.05) is 31.2 Å². The molecular weight excluding hydrogens is 264 g/mol. The fraction of sp³-hybridized carbons (Fsp3) is 0.471. The number of fused-ring (bicyclic) bond motifs is 1. The second kappa shape index (κ2) is 6.31. The van der Waals surface area contributed by atoms with Crippen molar-refractivity contribution >= 4 is 16.9 Å². The van der Waals surface area contributed by atoms with Crippen molar-refractivity contribution < 1.29 is 9.21 Å². The molecule has 0 atom stereocenters. The maximum Gasteiger partial charge on any atom is 0.287 e. The highest BCUT2D eigenvalue weighted by Crippen LogP contribution is 2.20. The van der Waals surface area contributed by atoms with Crippen LogP contribution in [0.15, 0.2) is 28.7 Å². The predicted molar refractivity (Wildman–Crippen MR) is 83.6 cm³/mol. The Morgan fingerprint density at radius 1 is 1.24 bits per heavy atom. The van der Waals surface area contributed by atoms with Crippen LogP contribution in [0.4, 0.5) is 0 Å². The van der Waals surface area contributed by atoms with Gasteiger partial charge in [0.2, 0.25) is 0 Å². The van der Waals surface area contributed by atoms with Gasteiger partial charge in [0, 0.05) is 18.5 Å². The maximum atomic E-state index is 12.1. The lowest BCUT2D eigenvalue weighted by atomic mass is 10.1. The van der Waals surface area contributed by atoms with Crippen molar-refractivity contribution in [3.63, 3.8) is 0 Å². The summed E-state index contributed by atoms with van der Waals surface area (Å²) < 4.78 is 5.60. The summed E-state index contributed by atoms with van der Waals surface area (Å²) in [7, 11) is 0. The van der Waals surface area contributed by atoms with Crippen molar-refractivity contribution in [1.29, 1.82) is 0 Å². The number of nitrogens with zero attached hydrogens (tertiary/aromatic N) is 1. The molecule has 4 nitrogen and oxygen atoms in total. The van der Waals surface area contributed by atoms with Crippen LogP contribution in [-0.4, -0.2) is 37.0 Å². The fourth-order valence-electron chi connectivity index (χ4n) is 2.87. The van der Waals surface area contributed by atoms with E-state index in [0.717, 1.165) is 30.6 Å². The summed E-state index contributed by atoms with van der Waals surface area (Å²) in [5.74, 6) is 0.273. The summed E-state index contributed by atoms with van der Waals surface area (Å²) in [5, 5.41) is 3.93. The number of piperidine rings is 1. The van der Waals surface area contributed by atoms with Crippen LogP contribution in [0.5, 0.6) is 0 Å². The minimum absolute atomic E-state index is 0.124. The number of nitrogens with one attached hydrogen (secondary N) is 1. The number of benzene rings is 1. The van der Waals surface area contributed by atoms with Crippen LogP contribution in [0.2, 0.25) is 0 Å². The van der Waals surface area contributed by atoms with E-state index >= 15 is 0 Å². The maximum absolute atomic E-state index is 12.1. The van der Waals surface area contributed by atoms with Crippen LogP contribution in [0.25, 0.3) is 11.0 Å². The number of rotatable bonds is 4. The SMILES string of the molecule is Cc1ccc2oc(C(=O)NCCN3CCCCC3)cc2c1. The summed E-state index contributed by atoms with van der Waals surface area (Å²) in [6.45, 7) is 5.93. The Labute approximate surface area is 125 Å². The van der Waals surface area contributed by atoms with Gasteiger partial charge in [0.15, 0.2) is 5.76 Å². The summed E-state index contributed by atoms with van der Waals surface area (Å²) in [5.41, 5.74) is 1.93. The Morgan fingerprint density at radius 2 is 2.05 bits per heavy atom. The Balaban J connectivity index is 1.56. The molecule has 2 aromatic rings. The van der Waals surface area contributed by atoms with Gasteiger partial charge in [0.05, 0.1) is 0 Å². The molecule has 1 saturated heterocycles. The van der Waals surface area contributed by atoms with Gasteiger partial charge in [-0.2, -0.15) is 0 Å². The number of carbonyl (C=O) groups excluding carboxylic acids is 1. The predicted octanol–water partition coefficient (Wildman–Crippen LogP) is 2.96. The Bertz CT molecular complexity index is 627. The largest absolute Gasteiger partial charge is 0.451 e. The quantitative estimate of drug-likeness (QED) is 0.940. The average molecular weight is 286 g/mol. The van der Waals surface area contributed by atoms with Gasteiger partial charge in [-0.15, -0.1) is 0 Å². The molecule has 0 saturated carbocycles. The first-order valence-electron chi connectivity index (χ1n) is 7.73. The molecule has 0 aliphatic carbocycles. The lowest BCUT2D eigenvalue weighted by Crippen LogP contribution is -2.37. The molecule has 112 valence electrons. The summed E-state index contributed by atoms with van der Waals surface area (Å²) in [4.78, 5) is 14.5. The van der Waals surface area contributed by atoms with Gasteiger partial charge in [-0.25, -0.2) is 0 Å². The number of furan rings is 1. The van der Waals surface area contributed by atoms with E-state index in [2.05, 4.69) is 10.2 Å². The highest BCUT2D eigenvalue weighted by atomic mass is 16.3. The lowest BCUT2D eigenvalue weighted by molar-refractivity contribution is 0.0921. The topological polar surface area (TPSA) is 45.5 Å². The summed E-state index contributed by atoms with van der Waals surface area (Å²) in [6, 6.07) is 7.75. The van der Waals surface area contributed by atoms with Crippen LogP contribution in [0.3, 0.4) is 0 Å². The molecule has 2 heterocycles. The second-order valence-corrected chi connectivity index (χ2v) is 5.81. The Kier molecular flexibility index (Phi) is 4.25. The van der Waals surface area contributed by atoms with Gasteiger partial charge in [0.1, 0.15) is 5.58 Å². The molecule has 3 rings (SSSR count). The van der Waals surface area contributed by atoms with Crippen molar-refractivity contribution in [3.05, 3.63) is 35.6 Å². The molecule has 4 heteroatoms. The van der Waals surface area contributed by atoms with E-state index in [-0.39, 0.29) is 5.91 Å². The van der Waals surface area contributed by atoms with Gasteiger partial charge < -0.3 is 14.6 Å². The smallest absolute Gasteiger partial charge is 0.287 e. The van der Waals surface area contributed by atoms with Gasteiger partial charge in [-0.1, -0.05) is 18.1 Å². The summed E-state index contributed by atoms with van der Waals surface area (Å²) in [6.07, 6.45) is 3.88. The van der Waals surface area contributed by atoms with Crippen LogP contribution < -0.4 is 5.32 Å². The van der Waals surface area contributed by atoms with Gasteiger partial charge >= 0.3 is 0 Å². The van der Waals surface area contributed by atoms with Crippen LogP contribution in [-0.2, 0) is 0 Å². The van der Waals surface area contributed by atoms with E-state index in [1.165, 1.54) is 24.8 Å². The zero-order valence-electron chi connectivity index (χ0n) is 12.5. The van der Waals surface area contributed by atoms with Crippen LogP contribution >= 0.6 is 0 Å². The molecule has 21 heavy (non-hydrogen) atoms. The molecule has 1 amide bonds. The van der Waals surface area contributed by atoms with Crippen LogP contribution in [0, 0.1) is 6.92 Å². The lowest BCUT2D eigenvalue weighted by Gasteiger charge is -2.26. The number of hydrogen-bond donors (Lipinski definition) is 1. The van der Waals surface area contributed by atoms with Crippen molar-refractivity contribution in [2.24, 2.45) is 0 Å². The second-order valence-electron chi connectivity index (χ2n) is 5.81. The van der Waals surface area contributed by atoms with E-state index in [0.29, 0.717) is 12.3 Å². The molecule has 0 bridgehead atoms. The van der Waals surface area contributed by atoms with E-state index < -0.39 is 0 Å². The zero-order valence-corrected chi connectivity index (χ0v) is 12.5. The van der Waals surface area contributed by atoms with E-state index in [9.17, 15) is 4.79 Å². The fourth-order valence-corrected chi connectivity index (χ4v) is 2.87. The molecule has 0 spiro atoms. The summed E-state index contributed by atoms with van der Waals surface area (Å²) >= 11 is 0. The third-order valence-corrected chi connectivity index (χ3v) is 4.06. The third kappa shape index (κ3) is 3.45.